The lowest BCUT2D eigenvalue weighted by molar-refractivity contribution is -0.131. The van der Waals surface area contributed by atoms with Crippen LogP contribution in [-0.4, -0.2) is 30.9 Å². The zero-order valence-corrected chi connectivity index (χ0v) is 26.4. The average Bonchev–Trinajstić information content (AvgIpc) is 3.07. The molecule has 0 bridgehead atoms. The van der Waals surface area contributed by atoms with Crippen LogP contribution >= 0.6 is 0 Å². The summed E-state index contributed by atoms with van der Waals surface area (Å²) in [6.45, 7) is 3.99. The second-order valence-corrected chi connectivity index (χ2v) is 12.3. The number of hydrogen-bond acceptors (Lipinski definition) is 4. The third-order valence-electron chi connectivity index (χ3n) is 8.82. The first-order valence-corrected chi connectivity index (χ1v) is 16.7. The van der Waals surface area contributed by atoms with E-state index in [-0.39, 0.29) is 17.7 Å². The molecule has 0 aromatic heterocycles. The Bertz CT molecular complexity index is 1270. The summed E-state index contributed by atoms with van der Waals surface area (Å²) in [6, 6.07) is 26.0. The molecule has 0 radical (unpaired) electrons. The molecule has 2 amide bonds. The smallest absolute Gasteiger partial charge is 0.242 e. The van der Waals surface area contributed by atoms with Gasteiger partial charge in [-0.25, -0.2) is 0 Å². The summed E-state index contributed by atoms with van der Waals surface area (Å²) in [5.74, 6) is 1.09. The Hall–Kier alpha value is -3.64. The molecule has 1 fully saturated rings. The van der Waals surface area contributed by atoms with E-state index in [9.17, 15) is 9.59 Å². The molecule has 0 aliphatic heterocycles. The van der Waals surface area contributed by atoms with Gasteiger partial charge in [-0.15, -0.1) is 0 Å². The van der Waals surface area contributed by atoms with Crippen molar-refractivity contribution in [3.63, 3.8) is 0 Å². The van der Waals surface area contributed by atoms with Crippen LogP contribution in [-0.2, 0) is 22.6 Å². The van der Waals surface area contributed by atoms with Crippen molar-refractivity contribution in [3.05, 3.63) is 90.0 Å². The van der Waals surface area contributed by atoms with E-state index in [1.54, 1.807) is 0 Å². The summed E-state index contributed by atoms with van der Waals surface area (Å²) in [5.41, 5.74) is 10.3. The van der Waals surface area contributed by atoms with Crippen LogP contribution in [0.25, 0.3) is 11.1 Å². The number of unbranched alkanes of at least 4 members (excludes halogenated alkanes) is 5. The molecule has 3 aromatic rings. The lowest BCUT2D eigenvalue weighted by Gasteiger charge is -2.28. The number of benzene rings is 3. The zero-order valence-electron chi connectivity index (χ0n) is 26.4. The molecule has 0 heterocycles. The van der Waals surface area contributed by atoms with Crippen molar-refractivity contribution in [2.24, 2.45) is 17.6 Å². The van der Waals surface area contributed by atoms with Gasteiger partial charge in [-0.1, -0.05) is 99.7 Å². The lowest BCUT2D eigenvalue weighted by Crippen LogP contribution is -2.50. The van der Waals surface area contributed by atoms with Crippen molar-refractivity contribution < 1.29 is 14.3 Å². The van der Waals surface area contributed by atoms with E-state index in [0.717, 1.165) is 61.0 Å². The Morgan fingerprint density at radius 2 is 1.52 bits per heavy atom. The van der Waals surface area contributed by atoms with E-state index in [4.69, 9.17) is 10.5 Å². The van der Waals surface area contributed by atoms with Crippen LogP contribution in [0, 0.1) is 11.8 Å². The molecule has 1 saturated carbocycles. The van der Waals surface area contributed by atoms with E-state index in [1.165, 1.54) is 31.2 Å². The molecule has 1 aliphatic rings. The maximum atomic E-state index is 13.3. The van der Waals surface area contributed by atoms with Crippen molar-refractivity contribution >= 4 is 11.8 Å². The third kappa shape index (κ3) is 10.8. The number of nitrogens with one attached hydrogen (secondary N) is 2. The molecular formula is C38H51N3O3. The summed E-state index contributed by atoms with van der Waals surface area (Å²) >= 11 is 0. The van der Waals surface area contributed by atoms with Gasteiger partial charge < -0.3 is 21.1 Å². The molecule has 3 aromatic carbocycles. The fraction of sp³-hybridized carbons (Fsp3) is 0.474. The van der Waals surface area contributed by atoms with Crippen LogP contribution in [0.4, 0.5) is 0 Å². The summed E-state index contributed by atoms with van der Waals surface area (Å²) in [6.07, 6.45) is 11.0. The van der Waals surface area contributed by atoms with E-state index in [2.05, 4.69) is 54.0 Å². The Balaban J connectivity index is 1.32. The molecule has 236 valence electrons. The Morgan fingerprint density at radius 1 is 0.818 bits per heavy atom. The number of hydrogen-bond donors (Lipinski definition) is 3. The Kier molecular flexibility index (Phi) is 13.8. The van der Waals surface area contributed by atoms with Crippen LogP contribution in [0.5, 0.6) is 5.75 Å². The molecule has 1 aliphatic carbocycles. The van der Waals surface area contributed by atoms with Crippen LogP contribution in [0.1, 0.15) is 82.3 Å². The molecule has 0 spiro atoms. The third-order valence-corrected chi connectivity index (χ3v) is 8.82. The Morgan fingerprint density at radius 3 is 2.25 bits per heavy atom. The summed E-state index contributed by atoms with van der Waals surface area (Å²) in [4.78, 5) is 26.5. The molecule has 44 heavy (non-hydrogen) atoms. The first-order valence-electron chi connectivity index (χ1n) is 16.7. The number of rotatable bonds is 17. The van der Waals surface area contributed by atoms with Crippen LogP contribution in [0.15, 0.2) is 78.9 Å². The van der Waals surface area contributed by atoms with Crippen molar-refractivity contribution in [3.8, 4) is 16.9 Å². The second kappa shape index (κ2) is 18.2. The average molecular weight is 598 g/mol. The topological polar surface area (TPSA) is 93.5 Å². The normalized spacial score (nSPS) is 17.0. The largest absolute Gasteiger partial charge is 0.489 e. The predicted octanol–water partition coefficient (Wildman–Crippen LogP) is 7.20. The van der Waals surface area contributed by atoms with Crippen LogP contribution in [0.3, 0.4) is 0 Å². The Labute approximate surface area is 264 Å². The van der Waals surface area contributed by atoms with E-state index >= 15 is 0 Å². The quantitative estimate of drug-likeness (QED) is 0.144. The van der Waals surface area contributed by atoms with Crippen molar-refractivity contribution in [1.82, 2.24) is 10.6 Å². The van der Waals surface area contributed by atoms with Crippen LogP contribution in [0.2, 0.25) is 0 Å². The number of nitrogens with two attached hydrogens (primary N) is 1. The molecule has 6 nitrogen and oxygen atoms in total. The molecule has 6 heteroatoms. The molecule has 4 N–H and O–H groups in total. The fourth-order valence-corrected chi connectivity index (χ4v) is 5.99. The lowest BCUT2D eigenvalue weighted by atomic mass is 9.81. The van der Waals surface area contributed by atoms with Gasteiger partial charge in [-0.05, 0) is 85.0 Å². The van der Waals surface area contributed by atoms with Gasteiger partial charge in [0.05, 0.1) is 0 Å². The predicted molar refractivity (Wildman–Crippen MR) is 179 cm³/mol. The summed E-state index contributed by atoms with van der Waals surface area (Å²) < 4.78 is 6.09. The minimum Gasteiger partial charge on any atom is -0.489 e. The van der Waals surface area contributed by atoms with Gasteiger partial charge >= 0.3 is 0 Å². The minimum absolute atomic E-state index is 0.0159. The number of ether oxygens (including phenoxy) is 1. The molecular weight excluding hydrogens is 546 g/mol. The molecule has 4 rings (SSSR count). The second-order valence-electron chi connectivity index (χ2n) is 12.3. The molecule has 1 atom stereocenters. The number of carbonyl (C=O) groups excluding carboxylic acids is 2. The van der Waals surface area contributed by atoms with E-state index < -0.39 is 6.04 Å². The van der Waals surface area contributed by atoms with Gasteiger partial charge in [-0.2, -0.15) is 0 Å². The minimum atomic E-state index is -0.609. The highest BCUT2D eigenvalue weighted by Crippen LogP contribution is 2.28. The van der Waals surface area contributed by atoms with Gasteiger partial charge in [0.15, 0.2) is 0 Å². The van der Waals surface area contributed by atoms with Gasteiger partial charge in [0, 0.05) is 18.9 Å². The van der Waals surface area contributed by atoms with Gasteiger partial charge in [0.2, 0.25) is 11.8 Å². The summed E-state index contributed by atoms with van der Waals surface area (Å²) in [7, 11) is 0. The highest BCUT2D eigenvalue weighted by molar-refractivity contribution is 5.88. The molecule has 0 unspecified atom stereocenters. The number of carbonyl (C=O) groups is 2. The fourth-order valence-electron chi connectivity index (χ4n) is 5.99. The number of amides is 2. The standard InChI is InChI=1S/C38H51N3O3/c1-2-3-4-5-6-10-24-40-38(43)36(41-37(42)33-20-16-30(27-39)17-21-33)26-29-18-22-35(23-19-29)44-28-31-12-11-15-34(25-31)32-13-8-7-9-14-32/h7-9,11-15,18-19,22-23,25,30,33,36H,2-6,10,16-17,20-21,24,26-28,39H2,1H3,(H,40,43)(H,41,42)/t30?,33?,36-/m0/s1. The highest BCUT2D eigenvalue weighted by atomic mass is 16.5. The van der Waals surface area contributed by atoms with Gasteiger partial charge in [0.25, 0.3) is 0 Å². The maximum Gasteiger partial charge on any atom is 0.242 e. The zero-order chi connectivity index (χ0) is 31.0. The van der Waals surface area contributed by atoms with Gasteiger partial charge in [-0.3, -0.25) is 9.59 Å². The first-order chi connectivity index (χ1) is 21.6. The maximum absolute atomic E-state index is 13.3. The van der Waals surface area contributed by atoms with Crippen LogP contribution < -0.4 is 21.1 Å². The summed E-state index contributed by atoms with van der Waals surface area (Å²) in [5, 5.41) is 6.19. The van der Waals surface area contributed by atoms with Gasteiger partial charge in [0.1, 0.15) is 18.4 Å². The van der Waals surface area contributed by atoms with Crippen molar-refractivity contribution in [2.45, 2.75) is 90.2 Å². The monoisotopic (exact) mass is 597 g/mol. The highest BCUT2D eigenvalue weighted by Gasteiger charge is 2.29. The SMILES string of the molecule is CCCCCCCCNC(=O)[C@H](Cc1ccc(OCc2cccc(-c3ccccc3)c2)cc1)NC(=O)C1CCC(CN)CC1. The van der Waals surface area contributed by atoms with Crippen molar-refractivity contribution in [2.75, 3.05) is 13.1 Å². The van der Waals surface area contributed by atoms with E-state index in [1.807, 2.05) is 42.5 Å². The molecule has 0 saturated heterocycles. The first kappa shape index (κ1) is 33.3. The van der Waals surface area contributed by atoms with E-state index in [0.29, 0.717) is 32.0 Å². The van der Waals surface area contributed by atoms with Crippen molar-refractivity contribution in [1.29, 1.82) is 0 Å².